The van der Waals surface area contributed by atoms with E-state index in [1.54, 1.807) is 25.1 Å². The van der Waals surface area contributed by atoms with Crippen molar-refractivity contribution in [3.63, 3.8) is 0 Å². The van der Waals surface area contributed by atoms with Crippen LogP contribution in [0.1, 0.15) is 18.5 Å². The highest BCUT2D eigenvalue weighted by molar-refractivity contribution is 7.89. The summed E-state index contributed by atoms with van der Waals surface area (Å²) in [5.74, 6) is 1.21. The summed E-state index contributed by atoms with van der Waals surface area (Å²) >= 11 is 0. The van der Waals surface area contributed by atoms with Gasteiger partial charge in [0.2, 0.25) is 16.8 Å². The number of amides is 1. The number of fused-ring (bicyclic) bond motifs is 1. The van der Waals surface area contributed by atoms with Gasteiger partial charge in [-0.1, -0.05) is 30.3 Å². The molecule has 9 heteroatoms. The lowest BCUT2D eigenvalue weighted by Crippen LogP contribution is -2.26. The number of anilines is 1. The predicted octanol–water partition coefficient (Wildman–Crippen LogP) is 3.47. The van der Waals surface area contributed by atoms with Crippen molar-refractivity contribution >= 4 is 21.6 Å². The Bertz CT molecular complexity index is 1200. The van der Waals surface area contributed by atoms with Crippen LogP contribution in [0.3, 0.4) is 0 Å². The van der Waals surface area contributed by atoms with Crippen molar-refractivity contribution in [3.05, 3.63) is 78.4 Å². The third kappa shape index (κ3) is 5.19. The molecule has 1 atom stereocenters. The maximum absolute atomic E-state index is 12.6. The first-order chi connectivity index (χ1) is 15.4. The highest BCUT2D eigenvalue weighted by Gasteiger charge is 2.18. The van der Waals surface area contributed by atoms with Crippen LogP contribution in [0.5, 0.6) is 17.2 Å². The average Bonchev–Trinajstić information content (AvgIpc) is 3.26. The van der Waals surface area contributed by atoms with E-state index in [1.165, 1.54) is 24.3 Å². The zero-order chi connectivity index (χ0) is 22.6. The fourth-order valence-corrected chi connectivity index (χ4v) is 4.38. The number of benzene rings is 3. The van der Waals surface area contributed by atoms with Gasteiger partial charge in [-0.15, -0.1) is 0 Å². The first kappa shape index (κ1) is 21.7. The van der Waals surface area contributed by atoms with Gasteiger partial charge in [0, 0.05) is 17.8 Å². The molecule has 0 fully saturated rings. The summed E-state index contributed by atoms with van der Waals surface area (Å²) in [7, 11) is -3.71. The van der Waals surface area contributed by atoms with Crippen molar-refractivity contribution in [2.45, 2.75) is 17.9 Å². The summed E-state index contributed by atoms with van der Waals surface area (Å²) in [5, 5.41) is 2.71. The molecule has 0 aliphatic carbocycles. The van der Waals surface area contributed by atoms with E-state index in [0.717, 1.165) is 5.56 Å². The van der Waals surface area contributed by atoms with Crippen LogP contribution in [0.4, 0.5) is 5.69 Å². The Kier molecular flexibility index (Phi) is 6.29. The number of sulfonamides is 1. The summed E-state index contributed by atoms with van der Waals surface area (Å²) in [6, 6.07) is 19.9. The van der Waals surface area contributed by atoms with Crippen molar-refractivity contribution in [1.82, 2.24) is 4.72 Å². The van der Waals surface area contributed by atoms with Crippen LogP contribution in [-0.4, -0.2) is 27.7 Å². The molecule has 166 valence electrons. The van der Waals surface area contributed by atoms with Crippen LogP contribution >= 0.6 is 0 Å². The smallest absolute Gasteiger partial charge is 0.262 e. The van der Waals surface area contributed by atoms with E-state index in [-0.39, 0.29) is 30.2 Å². The predicted molar refractivity (Wildman–Crippen MR) is 118 cm³/mol. The van der Waals surface area contributed by atoms with Gasteiger partial charge in [0.1, 0.15) is 5.75 Å². The summed E-state index contributed by atoms with van der Waals surface area (Å²) in [6.45, 7) is 1.70. The normalized spacial score (nSPS) is 13.4. The first-order valence-electron chi connectivity index (χ1n) is 9.90. The van der Waals surface area contributed by atoms with E-state index in [4.69, 9.17) is 14.2 Å². The molecule has 0 saturated heterocycles. The summed E-state index contributed by atoms with van der Waals surface area (Å²) < 4.78 is 43.9. The molecule has 32 heavy (non-hydrogen) atoms. The molecule has 3 aromatic rings. The number of rotatable bonds is 8. The van der Waals surface area contributed by atoms with E-state index in [9.17, 15) is 13.2 Å². The van der Waals surface area contributed by atoms with Gasteiger partial charge in [0.15, 0.2) is 18.1 Å². The summed E-state index contributed by atoms with van der Waals surface area (Å²) in [5.41, 5.74) is 1.42. The molecule has 0 aromatic heterocycles. The molecule has 0 spiro atoms. The second-order valence-electron chi connectivity index (χ2n) is 7.13. The Hall–Kier alpha value is -3.56. The number of hydrogen-bond donors (Lipinski definition) is 2. The molecular weight excluding hydrogens is 432 g/mol. The van der Waals surface area contributed by atoms with Gasteiger partial charge < -0.3 is 19.5 Å². The fourth-order valence-electron chi connectivity index (χ4n) is 3.15. The van der Waals surface area contributed by atoms with E-state index in [2.05, 4.69) is 10.0 Å². The number of hydrogen-bond acceptors (Lipinski definition) is 6. The second kappa shape index (κ2) is 9.29. The fraction of sp³-hybridized carbons (Fsp3) is 0.174. The van der Waals surface area contributed by atoms with Crippen LogP contribution in [0.25, 0.3) is 0 Å². The minimum absolute atomic E-state index is 0.109. The average molecular weight is 455 g/mol. The maximum Gasteiger partial charge on any atom is 0.262 e. The molecule has 0 radical (unpaired) electrons. The van der Waals surface area contributed by atoms with Gasteiger partial charge >= 0.3 is 0 Å². The Morgan fingerprint density at radius 2 is 1.72 bits per heavy atom. The van der Waals surface area contributed by atoms with Crippen molar-refractivity contribution in [2.75, 3.05) is 18.7 Å². The molecule has 4 rings (SSSR count). The minimum Gasteiger partial charge on any atom is -0.484 e. The number of nitrogens with one attached hydrogen (secondary N) is 2. The lowest BCUT2D eigenvalue weighted by molar-refractivity contribution is -0.118. The molecule has 1 aliphatic heterocycles. The molecule has 1 aliphatic rings. The third-order valence-electron chi connectivity index (χ3n) is 4.79. The molecule has 8 nitrogen and oxygen atoms in total. The number of ether oxygens (including phenoxy) is 3. The second-order valence-corrected chi connectivity index (χ2v) is 8.84. The van der Waals surface area contributed by atoms with Crippen LogP contribution in [0.15, 0.2) is 77.7 Å². The van der Waals surface area contributed by atoms with Gasteiger partial charge in [-0.3, -0.25) is 4.79 Å². The molecule has 3 aromatic carbocycles. The monoisotopic (exact) mass is 454 g/mol. The van der Waals surface area contributed by atoms with Gasteiger partial charge in [-0.25, -0.2) is 13.1 Å². The quantitative estimate of drug-likeness (QED) is 0.540. The van der Waals surface area contributed by atoms with Crippen LogP contribution in [-0.2, 0) is 14.8 Å². The molecule has 2 N–H and O–H groups in total. The molecule has 1 heterocycles. The first-order valence-corrected chi connectivity index (χ1v) is 11.4. The van der Waals surface area contributed by atoms with Crippen molar-refractivity contribution in [2.24, 2.45) is 0 Å². The molecule has 0 unspecified atom stereocenters. The Labute approximate surface area is 186 Å². The van der Waals surface area contributed by atoms with Crippen molar-refractivity contribution in [1.29, 1.82) is 0 Å². The van der Waals surface area contributed by atoms with Gasteiger partial charge in [0.25, 0.3) is 5.91 Å². The molecule has 1 amide bonds. The highest BCUT2D eigenvalue weighted by Crippen LogP contribution is 2.34. The zero-order valence-corrected chi connectivity index (χ0v) is 18.1. The minimum atomic E-state index is -3.71. The Balaban J connectivity index is 1.31. The largest absolute Gasteiger partial charge is 0.484 e. The van der Waals surface area contributed by atoms with E-state index < -0.39 is 10.0 Å². The zero-order valence-electron chi connectivity index (χ0n) is 17.3. The van der Waals surface area contributed by atoms with Crippen molar-refractivity contribution in [3.8, 4) is 17.2 Å². The lowest BCUT2D eigenvalue weighted by Gasteiger charge is -2.15. The highest BCUT2D eigenvalue weighted by atomic mass is 32.2. The van der Waals surface area contributed by atoms with Crippen LogP contribution < -0.4 is 24.2 Å². The topological polar surface area (TPSA) is 103 Å². The maximum atomic E-state index is 12.6. The van der Waals surface area contributed by atoms with E-state index in [1.807, 2.05) is 30.3 Å². The number of carbonyl (C=O) groups is 1. The standard InChI is InChI=1S/C23H22N2O6S/c1-16(17-5-3-2-4-6-17)25-32(27,28)20-10-8-19(9-11-20)29-14-23(26)24-18-7-12-21-22(13-18)31-15-30-21/h2-13,16,25H,14-15H2,1H3,(H,24,26)/t16-/m1/s1. The van der Waals surface area contributed by atoms with E-state index >= 15 is 0 Å². The Morgan fingerprint density at radius 3 is 2.47 bits per heavy atom. The molecular formula is C23H22N2O6S. The number of carbonyl (C=O) groups excluding carboxylic acids is 1. The summed E-state index contributed by atoms with van der Waals surface area (Å²) in [6.07, 6.45) is 0. The lowest BCUT2D eigenvalue weighted by atomic mass is 10.1. The third-order valence-corrected chi connectivity index (χ3v) is 6.35. The van der Waals surface area contributed by atoms with Crippen LogP contribution in [0, 0.1) is 0 Å². The van der Waals surface area contributed by atoms with E-state index in [0.29, 0.717) is 22.9 Å². The molecule has 0 saturated carbocycles. The van der Waals surface area contributed by atoms with Crippen LogP contribution in [0.2, 0.25) is 0 Å². The SMILES string of the molecule is C[C@@H](NS(=O)(=O)c1ccc(OCC(=O)Nc2ccc3c(c2)OCO3)cc1)c1ccccc1. The van der Waals surface area contributed by atoms with Gasteiger partial charge in [-0.05, 0) is 48.9 Å². The van der Waals surface area contributed by atoms with Gasteiger partial charge in [0.05, 0.1) is 4.90 Å². The Morgan fingerprint density at radius 1 is 1.00 bits per heavy atom. The molecule has 0 bridgehead atoms. The van der Waals surface area contributed by atoms with Gasteiger partial charge in [-0.2, -0.15) is 0 Å². The van der Waals surface area contributed by atoms with Crippen molar-refractivity contribution < 1.29 is 27.4 Å². The summed E-state index contributed by atoms with van der Waals surface area (Å²) in [4.78, 5) is 12.3.